The minimum atomic E-state index is 0.823. The molecule has 4 nitrogen and oxygen atoms in total. The van der Waals surface area contributed by atoms with Crippen LogP contribution in [0.4, 0.5) is 0 Å². The molecule has 0 aliphatic heterocycles. The maximum absolute atomic E-state index is 5.05. The van der Waals surface area contributed by atoms with Crippen LogP contribution in [0, 0.1) is 6.92 Å². The fourth-order valence-corrected chi connectivity index (χ4v) is 2.28. The molecule has 0 spiro atoms. The quantitative estimate of drug-likeness (QED) is 0.712. The first-order chi connectivity index (χ1) is 9.34. The second-order valence-electron chi connectivity index (χ2n) is 4.67. The summed E-state index contributed by atoms with van der Waals surface area (Å²) in [7, 11) is 0. The number of nitrogens with one attached hydrogen (secondary N) is 1. The van der Waals surface area contributed by atoms with E-state index in [1.54, 1.807) is 12.5 Å². The monoisotopic (exact) mass is 255 g/mol. The van der Waals surface area contributed by atoms with E-state index in [2.05, 4.69) is 27.7 Å². The third-order valence-electron chi connectivity index (χ3n) is 3.27. The van der Waals surface area contributed by atoms with E-state index in [9.17, 15) is 0 Å². The van der Waals surface area contributed by atoms with E-state index in [1.807, 2.05) is 24.4 Å². The van der Waals surface area contributed by atoms with E-state index in [0.717, 1.165) is 25.2 Å². The van der Waals surface area contributed by atoms with Crippen LogP contribution in [-0.4, -0.2) is 15.9 Å². The topological polar surface area (TPSA) is 42.5 Å². The lowest BCUT2D eigenvalue weighted by atomic mass is 10.2. The molecule has 3 heterocycles. The minimum absolute atomic E-state index is 0.823. The molecule has 3 aromatic heterocycles. The van der Waals surface area contributed by atoms with Gasteiger partial charge in [-0.05, 0) is 43.7 Å². The first kappa shape index (κ1) is 12.0. The summed E-state index contributed by atoms with van der Waals surface area (Å²) in [6.07, 6.45) is 6.42. The zero-order chi connectivity index (χ0) is 13.1. The van der Waals surface area contributed by atoms with Crippen LogP contribution < -0.4 is 5.32 Å². The van der Waals surface area contributed by atoms with E-state index < -0.39 is 0 Å². The first-order valence-corrected chi connectivity index (χ1v) is 6.48. The second kappa shape index (κ2) is 5.28. The molecule has 0 unspecified atom stereocenters. The van der Waals surface area contributed by atoms with Crippen molar-refractivity contribution >= 4 is 5.65 Å². The summed E-state index contributed by atoms with van der Waals surface area (Å²) in [5.74, 6) is 0. The van der Waals surface area contributed by atoms with Gasteiger partial charge in [0.15, 0.2) is 0 Å². The third kappa shape index (κ3) is 2.53. The number of rotatable bonds is 5. The van der Waals surface area contributed by atoms with Gasteiger partial charge in [-0.1, -0.05) is 6.07 Å². The second-order valence-corrected chi connectivity index (χ2v) is 4.67. The molecule has 0 bridgehead atoms. The van der Waals surface area contributed by atoms with Crippen molar-refractivity contribution in [1.82, 2.24) is 14.7 Å². The highest BCUT2D eigenvalue weighted by Gasteiger charge is 2.04. The lowest BCUT2D eigenvalue weighted by Crippen LogP contribution is -2.17. The molecule has 3 aromatic rings. The number of pyridine rings is 1. The number of fused-ring (bicyclic) bond motifs is 1. The van der Waals surface area contributed by atoms with Gasteiger partial charge in [0.2, 0.25) is 0 Å². The highest BCUT2D eigenvalue weighted by molar-refractivity contribution is 5.42. The van der Waals surface area contributed by atoms with Gasteiger partial charge in [-0.25, -0.2) is 4.98 Å². The van der Waals surface area contributed by atoms with Crippen molar-refractivity contribution in [2.24, 2.45) is 0 Å². The van der Waals surface area contributed by atoms with Crippen LogP contribution in [0.15, 0.2) is 47.4 Å². The number of furan rings is 1. The fourth-order valence-electron chi connectivity index (χ4n) is 2.28. The lowest BCUT2D eigenvalue weighted by molar-refractivity contribution is 0.562. The molecule has 0 saturated carbocycles. The van der Waals surface area contributed by atoms with Gasteiger partial charge < -0.3 is 14.1 Å². The molecule has 0 aliphatic rings. The summed E-state index contributed by atoms with van der Waals surface area (Å²) in [6.45, 7) is 3.85. The SMILES string of the molecule is Cc1cccc2ncc(CNCCc3ccoc3)n12. The van der Waals surface area contributed by atoms with Gasteiger partial charge in [-0.3, -0.25) is 0 Å². The third-order valence-corrected chi connectivity index (χ3v) is 3.27. The Morgan fingerprint density at radius 3 is 3.11 bits per heavy atom. The molecule has 0 fully saturated rings. The fraction of sp³-hybridized carbons (Fsp3) is 0.267. The average Bonchev–Trinajstić information content (AvgIpc) is 3.05. The predicted molar refractivity (Wildman–Crippen MR) is 74.0 cm³/mol. The molecule has 0 saturated heterocycles. The Morgan fingerprint density at radius 1 is 1.32 bits per heavy atom. The Kier molecular flexibility index (Phi) is 3.33. The lowest BCUT2D eigenvalue weighted by Gasteiger charge is -2.06. The molecule has 0 radical (unpaired) electrons. The van der Waals surface area contributed by atoms with Crippen LogP contribution in [0.1, 0.15) is 17.0 Å². The predicted octanol–water partition coefficient (Wildman–Crippen LogP) is 2.57. The van der Waals surface area contributed by atoms with E-state index in [0.29, 0.717) is 0 Å². The van der Waals surface area contributed by atoms with Crippen molar-refractivity contribution in [3.05, 3.63) is 59.9 Å². The summed E-state index contributed by atoms with van der Waals surface area (Å²) >= 11 is 0. The van der Waals surface area contributed by atoms with E-state index >= 15 is 0 Å². The average molecular weight is 255 g/mol. The van der Waals surface area contributed by atoms with Gasteiger partial charge in [0.05, 0.1) is 24.4 Å². The van der Waals surface area contributed by atoms with Crippen LogP contribution >= 0.6 is 0 Å². The smallest absolute Gasteiger partial charge is 0.137 e. The van der Waals surface area contributed by atoms with E-state index in [1.165, 1.54) is 17.0 Å². The number of aryl methyl sites for hydroxylation is 1. The van der Waals surface area contributed by atoms with Gasteiger partial charge in [0.25, 0.3) is 0 Å². The summed E-state index contributed by atoms with van der Waals surface area (Å²) in [5, 5.41) is 3.44. The standard InChI is InChI=1S/C15H17N3O/c1-12-3-2-4-15-17-10-14(18(12)15)9-16-7-5-13-6-8-19-11-13/h2-4,6,8,10-11,16H,5,7,9H2,1H3. The van der Waals surface area contributed by atoms with Gasteiger partial charge >= 0.3 is 0 Å². The maximum atomic E-state index is 5.05. The van der Waals surface area contributed by atoms with Gasteiger partial charge in [0, 0.05) is 12.2 Å². The van der Waals surface area contributed by atoms with Crippen molar-refractivity contribution < 1.29 is 4.42 Å². The molecule has 0 aromatic carbocycles. The molecule has 98 valence electrons. The van der Waals surface area contributed by atoms with Gasteiger partial charge in [-0.2, -0.15) is 0 Å². The molecule has 1 N–H and O–H groups in total. The normalized spacial score (nSPS) is 11.2. The molecule has 0 amide bonds. The van der Waals surface area contributed by atoms with Crippen LogP contribution in [0.5, 0.6) is 0 Å². The van der Waals surface area contributed by atoms with Crippen molar-refractivity contribution in [3.8, 4) is 0 Å². The Morgan fingerprint density at radius 2 is 2.26 bits per heavy atom. The Balaban J connectivity index is 1.62. The molecule has 0 aliphatic carbocycles. The summed E-state index contributed by atoms with van der Waals surface area (Å²) in [6, 6.07) is 8.17. The molecule has 4 heteroatoms. The molecule has 3 rings (SSSR count). The Labute approximate surface area is 112 Å². The van der Waals surface area contributed by atoms with E-state index in [-0.39, 0.29) is 0 Å². The van der Waals surface area contributed by atoms with Crippen molar-refractivity contribution in [2.75, 3.05) is 6.54 Å². The van der Waals surface area contributed by atoms with Crippen molar-refractivity contribution in [2.45, 2.75) is 19.9 Å². The summed E-state index contributed by atoms with van der Waals surface area (Å²) in [5.41, 5.74) is 4.63. The van der Waals surface area contributed by atoms with Crippen LogP contribution in [0.2, 0.25) is 0 Å². The zero-order valence-corrected chi connectivity index (χ0v) is 11.0. The Hall–Kier alpha value is -2.07. The number of hydrogen-bond acceptors (Lipinski definition) is 3. The number of imidazole rings is 1. The van der Waals surface area contributed by atoms with Crippen molar-refractivity contribution in [1.29, 1.82) is 0 Å². The van der Waals surface area contributed by atoms with Gasteiger partial charge in [-0.15, -0.1) is 0 Å². The zero-order valence-electron chi connectivity index (χ0n) is 11.0. The van der Waals surface area contributed by atoms with Crippen molar-refractivity contribution in [3.63, 3.8) is 0 Å². The Bertz CT molecular complexity index is 655. The maximum Gasteiger partial charge on any atom is 0.137 e. The largest absolute Gasteiger partial charge is 0.472 e. The highest BCUT2D eigenvalue weighted by atomic mass is 16.3. The molecular weight excluding hydrogens is 238 g/mol. The van der Waals surface area contributed by atoms with E-state index in [4.69, 9.17) is 4.42 Å². The first-order valence-electron chi connectivity index (χ1n) is 6.48. The number of aromatic nitrogens is 2. The minimum Gasteiger partial charge on any atom is -0.472 e. The van der Waals surface area contributed by atoms with Crippen LogP contribution in [0.25, 0.3) is 5.65 Å². The summed E-state index contributed by atoms with van der Waals surface area (Å²) in [4.78, 5) is 4.42. The molecular formula is C15H17N3O. The highest BCUT2D eigenvalue weighted by Crippen LogP contribution is 2.10. The number of nitrogens with zero attached hydrogens (tertiary/aromatic N) is 2. The van der Waals surface area contributed by atoms with Gasteiger partial charge in [0.1, 0.15) is 5.65 Å². The molecule has 0 atom stereocenters. The number of hydrogen-bond donors (Lipinski definition) is 1. The van der Waals surface area contributed by atoms with Crippen LogP contribution in [0.3, 0.4) is 0 Å². The van der Waals surface area contributed by atoms with Crippen LogP contribution in [-0.2, 0) is 13.0 Å². The summed E-state index contributed by atoms with van der Waals surface area (Å²) < 4.78 is 7.23. The molecule has 19 heavy (non-hydrogen) atoms.